The highest BCUT2D eigenvalue weighted by atomic mass is 16.3. The van der Waals surface area contributed by atoms with E-state index < -0.39 is 0 Å². The van der Waals surface area contributed by atoms with E-state index in [4.69, 9.17) is 5.11 Å². The molecule has 0 aliphatic carbocycles. The van der Waals surface area contributed by atoms with Crippen LogP contribution in [0.15, 0.2) is 18.3 Å². The van der Waals surface area contributed by atoms with Crippen LogP contribution in [-0.2, 0) is 0 Å². The average molecular weight is 249 g/mol. The number of aromatic nitrogens is 1. The Hall–Kier alpha value is -1.13. The molecule has 0 amide bonds. The zero-order valence-electron chi connectivity index (χ0n) is 11.3. The van der Waals surface area contributed by atoms with Crippen LogP contribution in [0.1, 0.15) is 31.4 Å². The first kappa shape index (κ1) is 13.3. The van der Waals surface area contributed by atoms with Crippen LogP contribution in [-0.4, -0.2) is 36.8 Å². The van der Waals surface area contributed by atoms with Crippen molar-refractivity contribution in [3.63, 3.8) is 0 Å². The minimum Gasteiger partial charge on any atom is -0.396 e. The van der Waals surface area contributed by atoms with Crippen LogP contribution < -0.4 is 10.2 Å². The maximum Gasteiger partial charge on any atom is 0.128 e. The second-order valence-corrected chi connectivity index (χ2v) is 5.07. The van der Waals surface area contributed by atoms with Crippen molar-refractivity contribution in [1.29, 1.82) is 0 Å². The molecule has 18 heavy (non-hydrogen) atoms. The monoisotopic (exact) mass is 249 g/mol. The minimum atomic E-state index is 0.318. The minimum absolute atomic E-state index is 0.318. The fourth-order valence-corrected chi connectivity index (χ4v) is 2.39. The number of aliphatic hydroxyl groups is 1. The van der Waals surface area contributed by atoms with Crippen LogP contribution >= 0.6 is 0 Å². The van der Waals surface area contributed by atoms with E-state index in [1.165, 1.54) is 5.56 Å². The Morgan fingerprint density at radius 2 is 2.22 bits per heavy atom. The summed E-state index contributed by atoms with van der Waals surface area (Å²) >= 11 is 0. The van der Waals surface area contributed by atoms with Crippen molar-refractivity contribution in [3.05, 3.63) is 23.9 Å². The maximum absolute atomic E-state index is 9.15. The van der Waals surface area contributed by atoms with E-state index in [0.717, 1.165) is 31.7 Å². The SMILES string of the molecule is CNC(C)c1ccnc(N2CCC(CO)CC2)c1. The molecule has 4 heteroatoms. The Kier molecular flexibility index (Phi) is 4.55. The van der Waals surface area contributed by atoms with Gasteiger partial charge in [-0.3, -0.25) is 0 Å². The molecule has 0 spiro atoms. The molecule has 2 rings (SSSR count). The third-order valence-electron chi connectivity index (χ3n) is 3.90. The first-order valence-corrected chi connectivity index (χ1v) is 6.73. The Morgan fingerprint density at radius 3 is 2.83 bits per heavy atom. The Bertz CT molecular complexity index is 375. The van der Waals surface area contributed by atoms with Gasteiger partial charge < -0.3 is 15.3 Å². The van der Waals surface area contributed by atoms with Gasteiger partial charge in [-0.05, 0) is 50.4 Å². The smallest absolute Gasteiger partial charge is 0.128 e. The van der Waals surface area contributed by atoms with E-state index in [2.05, 4.69) is 34.3 Å². The molecule has 2 N–H and O–H groups in total. The largest absolute Gasteiger partial charge is 0.396 e. The second-order valence-electron chi connectivity index (χ2n) is 5.07. The van der Waals surface area contributed by atoms with Crippen LogP contribution in [0.5, 0.6) is 0 Å². The fourth-order valence-electron chi connectivity index (χ4n) is 2.39. The van der Waals surface area contributed by atoms with Crippen molar-refractivity contribution < 1.29 is 5.11 Å². The molecule has 1 fully saturated rings. The number of nitrogens with one attached hydrogen (secondary N) is 1. The molecule has 1 aliphatic heterocycles. The highest BCUT2D eigenvalue weighted by Crippen LogP contribution is 2.23. The van der Waals surface area contributed by atoms with Gasteiger partial charge in [0.15, 0.2) is 0 Å². The molecule has 4 nitrogen and oxygen atoms in total. The van der Waals surface area contributed by atoms with Crippen molar-refractivity contribution in [3.8, 4) is 0 Å². The van der Waals surface area contributed by atoms with E-state index in [-0.39, 0.29) is 0 Å². The number of hydrogen-bond acceptors (Lipinski definition) is 4. The van der Waals surface area contributed by atoms with Crippen LogP contribution in [0, 0.1) is 5.92 Å². The van der Waals surface area contributed by atoms with Crippen molar-refractivity contribution in [2.45, 2.75) is 25.8 Å². The lowest BCUT2D eigenvalue weighted by Crippen LogP contribution is -2.35. The Labute approximate surface area is 109 Å². The van der Waals surface area contributed by atoms with Gasteiger partial charge in [0.1, 0.15) is 5.82 Å². The van der Waals surface area contributed by atoms with Gasteiger partial charge >= 0.3 is 0 Å². The number of pyridine rings is 1. The number of nitrogens with zero attached hydrogens (tertiary/aromatic N) is 2. The summed E-state index contributed by atoms with van der Waals surface area (Å²) < 4.78 is 0. The molecule has 1 atom stereocenters. The van der Waals surface area contributed by atoms with Gasteiger partial charge in [0.05, 0.1) is 0 Å². The van der Waals surface area contributed by atoms with E-state index in [9.17, 15) is 0 Å². The summed E-state index contributed by atoms with van der Waals surface area (Å²) in [5, 5.41) is 12.4. The molecular formula is C14H23N3O. The average Bonchev–Trinajstić information content (AvgIpc) is 2.46. The van der Waals surface area contributed by atoms with E-state index in [1.54, 1.807) is 0 Å². The van der Waals surface area contributed by atoms with Gasteiger partial charge in [-0.25, -0.2) is 4.98 Å². The zero-order valence-corrected chi connectivity index (χ0v) is 11.3. The maximum atomic E-state index is 9.15. The van der Waals surface area contributed by atoms with Crippen molar-refractivity contribution in [2.75, 3.05) is 31.6 Å². The first-order chi connectivity index (χ1) is 8.74. The van der Waals surface area contributed by atoms with Gasteiger partial charge in [0.2, 0.25) is 0 Å². The third kappa shape index (κ3) is 3.00. The third-order valence-corrected chi connectivity index (χ3v) is 3.90. The Balaban J connectivity index is 2.05. The van der Waals surface area contributed by atoms with Crippen LogP contribution in [0.25, 0.3) is 0 Å². The number of anilines is 1. The number of aliphatic hydroxyl groups excluding tert-OH is 1. The summed E-state index contributed by atoms with van der Waals surface area (Å²) in [4.78, 5) is 6.78. The van der Waals surface area contributed by atoms with Gasteiger partial charge in [-0.15, -0.1) is 0 Å². The first-order valence-electron chi connectivity index (χ1n) is 6.73. The van der Waals surface area contributed by atoms with Gasteiger partial charge in [-0.1, -0.05) is 0 Å². The molecule has 1 aromatic heterocycles. The molecule has 0 radical (unpaired) electrons. The molecule has 2 heterocycles. The fraction of sp³-hybridized carbons (Fsp3) is 0.643. The van der Waals surface area contributed by atoms with Crippen molar-refractivity contribution >= 4 is 5.82 Å². The summed E-state index contributed by atoms with van der Waals surface area (Å²) in [6, 6.07) is 4.58. The van der Waals surface area contributed by atoms with Crippen LogP contribution in [0.2, 0.25) is 0 Å². The predicted octanol–water partition coefficient (Wildman–Crippen LogP) is 1.57. The molecule has 1 saturated heterocycles. The lowest BCUT2D eigenvalue weighted by Gasteiger charge is -2.32. The van der Waals surface area contributed by atoms with Crippen LogP contribution in [0.4, 0.5) is 5.82 Å². The molecular weight excluding hydrogens is 226 g/mol. The quantitative estimate of drug-likeness (QED) is 0.850. The van der Waals surface area contributed by atoms with Gasteiger partial charge in [0.25, 0.3) is 0 Å². The lowest BCUT2D eigenvalue weighted by molar-refractivity contribution is 0.203. The lowest BCUT2D eigenvalue weighted by atomic mass is 9.98. The normalized spacial score (nSPS) is 18.9. The summed E-state index contributed by atoms with van der Waals surface area (Å²) in [7, 11) is 1.97. The number of hydrogen-bond donors (Lipinski definition) is 2. The zero-order chi connectivity index (χ0) is 13.0. The highest BCUT2D eigenvalue weighted by Gasteiger charge is 2.19. The van der Waals surface area contributed by atoms with Gasteiger partial charge in [-0.2, -0.15) is 0 Å². The standard InChI is InChI=1S/C14H23N3O/c1-11(15-2)13-3-6-16-14(9-13)17-7-4-12(10-18)5-8-17/h3,6,9,11-12,15,18H,4-5,7-8,10H2,1-2H3. The molecule has 1 aliphatic rings. The summed E-state index contributed by atoms with van der Waals surface area (Å²) in [5.74, 6) is 1.53. The molecule has 0 saturated carbocycles. The topological polar surface area (TPSA) is 48.4 Å². The highest BCUT2D eigenvalue weighted by molar-refractivity contribution is 5.42. The van der Waals surface area contributed by atoms with E-state index in [1.807, 2.05) is 13.2 Å². The Morgan fingerprint density at radius 1 is 1.50 bits per heavy atom. The molecule has 1 unspecified atom stereocenters. The predicted molar refractivity (Wildman–Crippen MR) is 73.7 cm³/mol. The number of rotatable bonds is 4. The van der Waals surface area contributed by atoms with Gasteiger partial charge in [0, 0.05) is 31.9 Å². The second kappa shape index (κ2) is 6.16. The summed E-state index contributed by atoms with van der Waals surface area (Å²) in [6.45, 7) is 4.46. The molecule has 1 aromatic rings. The summed E-state index contributed by atoms with van der Waals surface area (Å²) in [6.07, 6.45) is 4.00. The van der Waals surface area contributed by atoms with Crippen LogP contribution in [0.3, 0.4) is 0 Å². The summed E-state index contributed by atoms with van der Waals surface area (Å²) in [5.41, 5.74) is 1.27. The molecule has 0 bridgehead atoms. The van der Waals surface area contributed by atoms with E-state index >= 15 is 0 Å². The number of piperidine rings is 1. The molecule has 0 aromatic carbocycles. The van der Waals surface area contributed by atoms with Crippen molar-refractivity contribution in [1.82, 2.24) is 10.3 Å². The molecule has 100 valence electrons. The van der Waals surface area contributed by atoms with Crippen molar-refractivity contribution in [2.24, 2.45) is 5.92 Å². The van der Waals surface area contributed by atoms with E-state index in [0.29, 0.717) is 18.6 Å².